The summed E-state index contributed by atoms with van der Waals surface area (Å²) < 4.78 is 20.3. The summed E-state index contributed by atoms with van der Waals surface area (Å²) in [5, 5.41) is 4.99. The molecule has 0 saturated heterocycles. The maximum absolute atomic E-state index is 12.2. The van der Waals surface area contributed by atoms with Crippen molar-refractivity contribution in [3.8, 4) is 17.2 Å². The molecule has 0 radical (unpaired) electrons. The fourth-order valence-corrected chi connectivity index (χ4v) is 2.03. The molecule has 9 nitrogen and oxygen atoms in total. The van der Waals surface area contributed by atoms with E-state index in [2.05, 4.69) is 10.6 Å². The zero-order chi connectivity index (χ0) is 19.7. The first kappa shape index (κ1) is 21.1. The highest BCUT2D eigenvalue weighted by Crippen LogP contribution is 2.38. The van der Waals surface area contributed by atoms with E-state index in [-0.39, 0.29) is 18.2 Å². The molecule has 0 heterocycles. The summed E-state index contributed by atoms with van der Waals surface area (Å²) in [6, 6.07) is 2.86. The molecular weight excluding hydrogens is 344 g/mol. The number of ether oxygens (including phenoxy) is 4. The van der Waals surface area contributed by atoms with E-state index < -0.39 is 24.4 Å². The second-order valence-corrected chi connectivity index (χ2v) is 5.48. The summed E-state index contributed by atoms with van der Waals surface area (Å²) >= 11 is 0. The Labute approximate surface area is 151 Å². The molecule has 0 aromatic heterocycles. The Hall–Kier alpha value is -2.97. The maximum Gasteiger partial charge on any atom is 0.325 e. The van der Waals surface area contributed by atoms with Crippen LogP contribution in [0.5, 0.6) is 17.2 Å². The van der Waals surface area contributed by atoms with Crippen LogP contribution in [-0.2, 0) is 14.3 Å². The molecule has 0 bridgehead atoms. The van der Waals surface area contributed by atoms with Crippen molar-refractivity contribution in [3.63, 3.8) is 0 Å². The lowest BCUT2D eigenvalue weighted by molar-refractivity contribution is -0.147. The van der Waals surface area contributed by atoms with Gasteiger partial charge in [0.15, 0.2) is 18.1 Å². The number of amides is 2. The number of hydrogen-bond donors (Lipinski definition) is 2. The second kappa shape index (κ2) is 10.1. The van der Waals surface area contributed by atoms with Crippen LogP contribution in [0.1, 0.15) is 24.2 Å². The van der Waals surface area contributed by atoms with E-state index in [0.29, 0.717) is 17.2 Å². The average Bonchev–Trinajstić information content (AvgIpc) is 2.62. The van der Waals surface area contributed by atoms with E-state index in [4.69, 9.17) is 18.9 Å². The molecule has 144 valence electrons. The predicted octanol–water partition coefficient (Wildman–Crippen LogP) is 0.510. The van der Waals surface area contributed by atoms with Gasteiger partial charge in [0.2, 0.25) is 5.75 Å². The summed E-state index contributed by atoms with van der Waals surface area (Å²) in [6.45, 7) is 2.79. The van der Waals surface area contributed by atoms with E-state index in [1.807, 2.05) is 0 Å². The lowest BCUT2D eigenvalue weighted by atomic mass is 10.1. The van der Waals surface area contributed by atoms with Gasteiger partial charge in [-0.1, -0.05) is 0 Å². The lowest BCUT2D eigenvalue weighted by Crippen LogP contribution is -2.36. The Morgan fingerprint density at radius 1 is 1.00 bits per heavy atom. The maximum atomic E-state index is 12.2. The fourth-order valence-electron chi connectivity index (χ4n) is 2.03. The molecule has 0 aliphatic rings. The molecule has 0 aliphatic carbocycles. The Kier molecular flexibility index (Phi) is 8.20. The van der Waals surface area contributed by atoms with Crippen LogP contribution < -0.4 is 24.8 Å². The quantitative estimate of drug-likeness (QED) is 0.611. The third kappa shape index (κ3) is 6.15. The minimum absolute atomic E-state index is 0.0547. The monoisotopic (exact) mass is 368 g/mol. The average molecular weight is 368 g/mol. The van der Waals surface area contributed by atoms with E-state index in [0.717, 1.165) is 0 Å². The minimum atomic E-state index is -0.732. The first-order valence-electron chi connectivity index (χ1n) is 7.85. The van der Waals surface area contributed by atoms with Gasteiger partial charge in [-0.3, -0.25) is 14.4 Å². The topological polar surface area (TPSA) is 112 Å². The van der Waals surface area contributed by atoms with Crippen molar-refractivity contribution in [3.05, 3.63) is 17.7 Å². The number of methoxy groups -OCH3 is 3. The van der Waals surface area contributed by atoms with Crippen LogP contribution in [0.3, 0.4) is 0 Å². The van der Waals surface area contributed by atoms with Crippen LogP contribution in [0.2, 0.25) is 0 Å². The molecule has 1 aromatic carbocycles. The Bertz CT molecular complexity index is 634. The van der Waals surface area contributed by atoms with Crippen molar-refractivity contribution in [2.24, 2.45) is 0 Å². The standard InChI is InChI=1S/C17H24N2O7/c1-10(2)19-14(20)9-26-15(21)8-18-17(22)11-6-12(23-3)16(25-5)13(7-11)24-4/h6-7,10H,8-9H2,1-5H3,(H,18,22)(H,19,20). The summed E-state index contributed by atoms with van der Waals surface area (Å²) in [5.74, 6) is -0.709. The zero-order valence-electron chi connectivity index (χ0n) is 15.5. The molecule has 2 amide bonds. The van der Waals surface area contributed by atoms with Crippen LogP contribution in [0.25, 0.3) is 0 Å². The van der Waals surface area contributed by atoms with Crippen LogP contribution in [0.15, 0.2) is 12.1 Å². The molecule has 1 aromatic rings. The molecular formula is C17H24N2O7. The zero-order valence-corrected chi connectivity index (χ0v) is 15.5. The van der Waals surface area contributed by atoms with Gasteiger partial charge in [0.05, 0.1) is 21.3 Å². The third-order valence-electron chi connectivity index (χ3n) is 3.13. The van der Waals surface area contributed by atoms with Gasteiger partial charge in [0.25, 0.3) is 11.8 Å². The van der Waals surface area contributed by atoms with Crippen molar-refractivity contribution in [2.75, 3.05) is 34.5 Å². The van der Waals surface area contributed by atoms with Gasteiger partial charge in [-0.2, -0.15) is 0 Å². The number of carbonyl (C=O) groups is 3. The third-order valence-corrected chi connectivity index (χ3v) is 3.13. The molecule has 1 rings (SSSR count). The molecule has 0 fully saturated rings. The van der Waals surface area contributed by atoms with Crippen molar-refractivity contribution in [1.82, 2.24) is 10.6 Å². The SMILES string of the molecule is COc1cc(C(=O)NCC(=O)OCC(=O)NC(C)C)cc(OC)c1OC. The Balaban J connectivity index is 2.65. The highest BCUT2D eigenvalue weighted by molar-refractivity contribution is 5.97. The molecule has 0 spiro atoms. The first-order valence-corrected chi connectivity index (χ1v) is 7.85. The van der Waals surface area contributed by atoms with E-state index >= 15 is 0 Å². The van der Waals surface area contributed by atoms with E-state index in [1.165, 1.54) is 33.5 Å². The van der Waals surface area contributed by atoms with Gasteiger partial charge in [-0.25, -0.2) is 0 Å². The largest absolute Gasteiger partial charge is 0.493 e. The van der Waals surface area contributed by atoms with Crippen molar-refractivity contribution in [1.29, 1.82) is 0 Å². The molecule has 0 saturated carbocycles. The normalized spacial score (nSPS) is 10.1. The summed E-state index contributed by atoms with van der Waals surface area (Å²) in [4.78, 5) is 35.3. The molecule has 9 heteroatoms. The highest BCUT2D eigenvalue weighted by atomic mass is 16.5. The van der Waals surface area contributed by atoms with Crippen LogP contribution >= 0.6 is 0 Å². The number of carbonyl (C=O) groups excluding carboxylic acids is 3. The van der Waals surface area contributed by atoms with Gasteiger partial charge < -0.3 is 29.6 Å². The molecule has 26 heavy (non-hydrogen) atoms. The van der Waals surface area contributed by atoms with Crippen LogP contribution in [0.4, 0.5) is 0 Å². The van der Waals surface area contributed by atoms with Gasteiger partial charge in [-0.15, -0.1) is 0 Å². The van der Waals surface area contributed by atoms with Crippen molar-refractivity contribution < 1.29 is 33.3 Å². The number of benzene rings is 1. The minimum Gasteiger partial charge on any atom is -0.493 e. The first-order chi connectivity index (χ1) is 12.3. The molecule has 0 atom stereocenters. The number of nitrogens with one attached hydrogen (secondary N) is 2. The van der Waals surface area contributed by atoms with Gasteiger partial charge in [0.1, 0.15) is 6.54 Å². The Morgan fingerprint density at radius 3 is 2.04 bits per heavy atom. The van der Waals surface area contributed by atoms with Crippen molar-refractivity contribution >= 4 is 17.8 Å². The van der Waals surface area contributed by atoms with Crippen LogP contribution in [0, 0.1) is 0 Å². The molecule has 2 N–H and O–H groups in total. The van der Waals surface area contributed by atoms with Crippen LogP contribution in [-0.4, -0.2) is 58.3 Å². The lowest BCUT2D eigenvalue weighted by Gasteiger charge is -2.14. The van der Waals surface area contributed by atoms with Crippen molar-refractivity contribution in [2.45, 2.75) is 19.9 Å². The number of esters is 1. The second-order valence-electron chi connectivity index (χ2n) is 5.48. The number of hydrogen-bond acceptors (Lipinski definition) is 7. The molecule has 0 unspecified atom stereocenters. The van der Waals surface area contributed by atoms with E-state index in [1.54, 1.807) is 13.8 Å². The summed E-state index contributed by atoms with van der Waals surface area (Å²) in [6.07, 6.45) is 0. The molecule has 0 aliphatic heterocycles. The predicted molar refractivity (Wildman–Crippen MR) is 92.7 cm³/mol. The van der Waals surface area contributed by atoms with Gasteiger partial charge in [-0.05, 0) is 26.0 Å². The van der Waals surface area contributed by atoms with E-state index in [9.17, 15) is 14.4 Å². The fraction of sp³-hybridized carbons (Fsp3) is 0.471. The summed E-state index contributed by atoms with van der Waals surface area (Å²) in [5.41, 5.74) is 0.213. The Morgan fingerprint density at radius 2 is 1.58 bits per heavy atom. The highest BCUT2D eigenvalue weighted by Gasteiger charge is 2.18. The van der Waals surface area contributed by atoms with Gasteiger partial charge in [0, 0.05) is 11.6 Å². The number of rotatable bonds is 9. The van der Waals surface area contributed by atoms with Gasteiger partial charge >= 0.3 is 5.97 Å². The summed E-state index contributed by atoms with van der Waals surface area (Å²) in [7, 11) is 4.31. The smallest absolute Gasteiger partial charge is 0.325 e.